The van der Waals surface area contributed by atoms with Crippen LogP contribution in [0.1, 0.15) is 44.9 Å². The number of carbonyl (C=O) groups excluding carboxylic acids is 1. The van der Waals surface area contributed by atoms with Crippen molar-refractivity contribution in [3.05, 3.63) is 34.1 Å². The maximum atomic E-state index is 12.4. The van der Waals surface area contributed by atoms with Crippen molar-refractivity contribution in [3.8, 4) is 0 Å². The molecule has 1 amide bonds. The fraction of sp³-hybridized carbons (Fsp3) is 0.474. The number of ether oxygens (including phenoxy) is 1. The fourth-order valence-electron chi connectivity index (χ4n) is 3.67. The molecule has 0 fully saturated rings. The van der Waals surface area contributed by atoms with Crippen LogP contribution in [-0.2, 0) is 17.7 Å². The zero-order valence-electron chi connectivity index (χ0n) is 15.0. The van der Waals surface area contributed by atoms with E-state index in [0.717, 1.165) is 41.7 Å². The van der Waals surface area contributed by atoms with E-state index in [1.165, 1.54) is 16.4 Å². The molecule has 1 aliphatic carbocycles. The van der Waals surface area contributed by atoms with E-state index in [1.807, 2.05) is 20.8 Å². The summed E-state index contributed by atoms with van der Waals surface area (Å²) in [5.41, 5.74) is 11.4. The van der Waals surface area contributed by atoms with Crippen molar-refractivity contribution in [1.82, 2.24) is 15.3 Å². The van der Waals surface area contributed by atoms with Gasteiger partial charge in [-0.3, -0.25) is 10.4 Å². The van der Waals surface area contributed by atoms with Crippen LogP contribution in [-0.4, -0.2) is 28.1 Å². The summed E-state index contributed by atoms with van der Waals surface area (Å²) >= 11 is 0. The summed E-state index contributed by atoms with van der Waals surface area (Å²) in [6, 6.07) is 0. The Bertz CT molecular complexity index is 895. The first kappa shape index (κ1) is 16.0. The Labute approximate surface area is 147 Å². The molecule has 3 heterocycles. The third-order valence-electron chi connectivity index (χ3n) is 4.77. The van der Waals surface area contributed by atoms with Gasteiger partial charge in [-0.1, -0.05) is 12.7 Å². The van der Waals surface area contributed by atoms with Crippen LogP contribution in [0, 0.1) is 0 Å². The second-order valence-corrected chi connectivity index (χ2v) is 7.77. The Morgan fingerprint density at radius 3 is 2.88 bits per heavy atom. The summed E-state index contributed by atoms with van der Waals surface area (Å²) in [5, 5.41) is 2.18. The van der Waals surface area contributed by atoms with Gasteiger partial charge in [0, 0.05) is 17.3 Å². The molecule has 1 aromatic rings. The van der Waals surface area contributed by atoms with Crippen molar-refractivity contribution in [1.29, 1.82) is 0 Å². The number of anilines is 1. The molecule has 0 saturated carbocycles. The summed E-state index contributed by atoms with van der Waals surface area (Å²) in [4.78, 5) is 19.0. The van der Waals surface area contributed by atoms with Gasteiger partial charge in [-0.15, -0.1) is 0 Å². The van der Waals surface area contributed by atoms with Crippen LogP contribution < -0.4 is 21.4 Å². The maximum Gasteiger partial charge on any atom is 0.410 e. The molecule has 4 rings (SSSR count). The summed E-state index contributed by atoms with van der Waals surface area (Å²) in [6.07, 6.45) is 4.61. The van der Waals surface area contributed by atoms with Gasteiger partial charge in [-0.05, 0) is 45.6 Å². The van der Waals surface area contributed by atoms with E-state index in [2.05, 4.69) is 23.5 Å². The molecule has 0 atom stereocenters. The Morgan fingerprint density at radius 1 is 1.32 bits per heavy atom. The Balaban J connectivity index is 1.75. The van der Waals surface area contributed by atoms with Gasteiger partial charge in [0.2, 0.25) is 0 Å². The SMILES string of the molecule is C=C1NNc2c3c(nc4c2=C1CCC=4)CN(C(=O)OC(C)(C)C)CC3. The van der Waals surface area contributed by atoms with E-state index in [9.17, 15) is 4.79 Å². The number of hydrazine groups is 1. The molecule has 3 aliphatic rings. The first-order valence-corrected chi connectivity index (χ1v) is 8.78. The maximum absolute atomic E-state index is 12.4. The zero-order valence-corrected chi connectivity index (χ0v) is 15.0. The molecule has 0 radical (unpaired) electrons. The third kappa shape index (κ3) is 2.75. The summed E-state index contributed by atoms with van der Waals surface area (Å²) in [7, 11) is 0. The number of hydrogen-bond acceptors (Lipinski definition) is 5. The van der Waals surface area contributed by atoms with Crippen molar-refractivity contribution >= 4 is 23.4 Å². The van der Waals surface area contributed by atoms with Crippen LogP contribution in [0.4, 0.5) is 10.5 Å². The van der Waals surface area contributed by atoms with Gasteiger partial charge >= 0.3 is 6.09 Å². The molecule has 0 saturated heterocycles. The average Bonchev–Trinajstić information content (AvgIpc) is 2.55. The normalized spacial score (nSPS) is 18.4. The van der Waals surface area contributed by atoms with Crippen molar-refractivity contribution in [2.75, 3.05) is 12.0 Å². The fourth-order valence-corrected chi connectivity index (χ4v) is 3.67. The van der Waals surface area contributed by atoms with E-state index >= 15 is 0 Å². The molecule has 0 aromatic carbocycles. The number of hydrogen-bond donors (Lipinski definition) is 2. The lowest BCUT2D eigenvalue weighted by Gasteiger charge is -2.33. The number of nitrogens with zero attached hydrogens (tertiary/aromatic N) is 2. The van der Waals surface area contributed by atoms with Crippen LogP contribution in [0.2, 0.25) is 0 Å². The number of nitrogens with one attached hydrogen (secondary N) is 2. The Kier molecular flexibility index (Phi) is 3.52. The first-order chi connectivity index (χ1) is 11.8. The second kappa shape index (κ2) is 5.51. The highest BCUT2D eigenvalue weighted by atomic mass is 16.6. The monoisotopic (exact) mass is 340 g/mol. The van der Waals surface area contributed by atoms with E-state index < -0.39 is 5.60 Å². The van der Waals surface area contributed by atoms with Crippen molar-refractivity contribution in [2.45, 2.75) is 52.2 Å². The minimum absolute atomic E-state index is 0.276. The third-order valence-corrected chi connectivity index (χ3v) is 4.77. The van der Waals surface area contributed by atoms with Crippen LogP contribution in [0.15, 0.2) is 12.3 Å². The summed E-state index contributed by atoms with van der Waals surface area (Å²) < 4.78 is 5.51. The van der Waals surface area contributed by atoms with Gasteiger partial charge in [0.15, 0.2) is 0 Å². The van der Waals surface area contributed by atoms with Gasteiger partial charge in [-0.25, -0.2) is 4.79 Å². The van der Waals surface area contributed by atoms with Gasteiger partial charge in [-0.2, -0.15) is 0 Å². The highest BCUT2D eigenvalue weighted by molar-refractivity contribution is 5.75. The topological polar surface area (TPSA) is 66.5 Å². The van der Waals surface area contributed by atoms with Gasteiger partial charge in [0.25, 0.3) is 0 Å². The molecule has 25 heavy (non-hydrogen) atoms. The molecular weight excluding hydrogens is 316 g/mol. The number of amides is 1. The quantitative estimate of drug-likeness (QED) is 0.750. The molecule has 132 valence electrons. The molecule has 6 nitrogen and oxygen atoms in total. The molecule has 0 bridgehead atoms. The number of aromatic nitrogens is 1. The molecule has 0 spiro atoms. The number of rotatable bonds is 0. The van der Waals surface area contributed by atoms with Crippen LogP contribution in [0.25, 0.3) is 11.6 Å². The zero-order chi connectivity index (χ0) is 17.8. The lowest BCUT2D eigenvalue weighted by molar-refractivity contribution is 0.0221. The average molecular weight is 340 g/mol. The van der Waals surface area contributed by atoms with E-state index in [1.54, 1.807) is 4.90 Å². The van der Waals surface area contributed by atoms with Crippen LogP contribution >= 0.6 is 0 Å². The standard InChI is InChI=1S/C19H24N4O2/c1-11-12-6-5-7-14-16(12)17(22-21-11)13-8-9-23(10-15(13)20-14)18(24)25-19(2,3)4/h7,21-22H,1,5-6,8-10H2,2-4H3. The molecule has 6 heteroatoms. The van der Waals surface area contributed by atoms with Crippen molar-refractivity contribution in [2.24, 2.45) is 0 Å². The van der Waals surface area contributed by atoms with E-state index in [-0.39, 0.29) is 6.09 Å². The number of allylic oxidation sites excluding steroid dienone is 1. The smallest absolute Gasteiger partial charge is 0.410 e. The summed E-state index contributed by atoms with van der Waals surface area (Å²) in [6.45, 7) is 10.9. The lowest BCUT2D eigenvalue weighted by atomic mass is 9.93. The lowest BCUT2D eigenvalue weighted by Crippen LogP contribution is -2.47. The largest absolute Gasteiger partial charge is 0.444 e. The molecule has 2 N–H and O–H groups in total. The second-order valence-electron chi connectivity index (χ2n) is 7.77. The van der Waals surface area contributed by atoms with E-state index in [4.69, 9.17) is 9.72 Å². The molecule has 0 unspecified atom stereocenters. The van der Waals surface area contributed by atoms with Gasteiger partial charge in [0.05, 0.1) is 29.0 Å². The van der Waals surface area contributed by atoms with Gasteiger partial charge < -0.3 is 15.1 Å². The minimum Gasteiger partial charge on any atom is -0.444 e. The van der Waals surface area contributed by atoms with Crippen molar-refractivity contribution < 1.29 is 9.53 Å². The molecule has 1 aromatic heterocycles. The Morgan fingerprint density at radius 2 is 2.12 bits per heavy atom. The number of carbonyl (C=O) groups is 1. The predicted octanol–water partition coefficient (Wildman–Crippen LogP) is 1.54. The summed E-state index contributed by atoms with van der Waals surface area (Å²) in [5.74, 6) is 0. The first-order valence-electron chi connectivity index (χ1n) is 8.78. The van der Waals surface area contributed by atoms with E-state index in [0.29, 0.717) is 13.1 Å². The predicted molar refractivity (Wildman–Crippen MR) is 96.8 cm³/mol. The van der Waals surface area contributed by atoms with Crippen LogP contribution in [0.3, 0.4) is 0 Å². The number of fused-ring (bicyclic) bond motifs is 2. The Hall–Kier alpha value is -2.50. The minimum atomic E-state index is -0.490. The van der Waals surface area contributed by atoms with Crippen LogP contribution in [0.5, 0.6) is 0 Å². The highest BCUT2D eigenvalue weighted by Crippen LogP contribution is 2.27. The molecule has 2 aliphatic heterocycles. The number of pyridine rings is 1. The van der Waals surface area contributed by atoms with Gasteiger partial charge in [0.1, 0.15) is 5.60 Å². The van der Waals surface area contributed by atoms with Crippen molar-refractivity contribution in [3.63, 3.8) is 0 Å². The molecular formula is C19H24N4O2. The highest BCUT2D eigenvalue weighted by Gasteiger charge is 2.30.